The number of rotatable bonds is 5. The van der Waals surface area contributed by atoms with Crippen molar-refractivity contribution in [2.45, 2.75) is 32.4 Å². The number of aliphatic carboxylic acids is 1. The Morgan fingerprint density at radius 1 is 1.55 bits per heavy atom. The second kappa shape index (κ2) is 6.47. The number of carbonyl (C=O) groups excluding carboxylic acids is 1. The average Bonchev–Trinajstić information content (AvgIpc) is 2.84. The summed E-state index contributed by atoms with van der Waals surface area (Å²) in [6.45, 7) is 2.73. The standard InChI is InChI=1S/C14H19N3O3/c1-10(18)16-8-12-7-11(4-5-15-12)13-3-2-6-17(13)9-14(19)20/h4-5,7,13H,2-3,6,8-9H2,1H3,(H,16,18)(H,19,20)/t13-/m0/s1. The summed E-state index contributed by atoms with van der Waals surface area (Å²) in [7, 11) is 0. The summed E-state index contributed by atoms with van der Waals surface area (Å²) in [4.78, 5) is 28.0. The highest BCUT2D eigenvalue weighted by molar-refractivity contribution is 5.72. The Balaban J connectivity index is 2.09. The first-order valence-electron chi connectivity index (χ1n) is 6.71. The largest absolute Gasteiger partial charge is 0.480 e. The molecule has 1 amide bonds. The van der Waals surface area contributed by atoms with E-state index in [-0.39, 0.29) is 18.5 Å². The number of aromatic nitrogens is 1. The van der Waals surface area contributed by atoms with Crippen molar-refractivity contribution >= 4 is 11.9 Å². The van der Waals surface area contributed by atoms with Gasteiger partial charge in [-0.3, -0.25) is 19.5 Å². The van der Waals surface area contributed by atoms with Crippen LogP contribution in [0.3, 0.4) is 0 Å². The summed E-state index contributed by atoms with van der Waals surface area (Å²) in [5.74, 6) is -0.894. The van der Waals surface area contributed by atoms with Gasteiger partial charge in [-0.15, -0.1) is 0 Å². The molecule has 0 bridgehead atoms. The molecule has 108 valence electrons. The van der Waals surface area contributed by atoms with Gasteiger partial charge in [0.25, 0.3) is 0 Å². The van der Waals surface area contributed by atoms with Crippen molar-refractivity contribution < 1.29 is 14.7 Å². The predicted octanol–water partition coefficient (Wildman–Crippen LogP) is 0.939. The van der Waals surface area contributed by atoms with Gasteiger partial charge in [-0.05, 0) is 37.1 Å². The minimum Gasteiger partial charge on any atom is -0.480 e. The maximum Gasteiger partial charge on any atom is 0.317 e. The number of hydrogen-bond acceptors (Lipinski definition) is 4. The molecule has 0 aromatic carbocycles. The zero-order valence-electron chi connectivity index (χ0n) is 11.5. The van der Waals surface area contributed by atoms with Gasteiger partial charge < -0.3 is 10.4 Å². The van der Waals surface area contributed by atoms with Gasteiger partial charge in [0.15, 0.2) is 0 Å². The van der Waals surface area contributed by atoms with E-state index in [0.717, 1.165) is 30.6 Å². The molecule has 6 heteroatoms. The summed E-state index contributed by atoms with van der Waals surface area (Å²) in [5, 5.41) is 11.7. The van der Waals surface area contributed by atoms with E-state index in [1.165, 1.54) is 6.92 Å². The van der Waals surface area contributed by atoms with Gasteiger partial charge in [-0.1, -0.05) is 0 Å². The van der Waals surface area contributed by atoms with Crippen molar-refractivity contribution in [3.63, 3.8) is 0 Å². The maximum absolute atomic E-state index is 10.9. The third-order valence-electron chi connectivity index (χ3n) is 3.45. The lowest BCUT2D eigenvalue weighted by Crippen LogP contribution is -2.29. The third-order valence-corrected chi connectivity index (χ3v) is 3.45. The molecule has 1 aliphatic heterocycles. The SMILES string of the molecule is CC(=O)NCc1cc([C@@H]2CCCN2CC(=O)O)ccn1. The molecule has 1 aliphatic rings. The van der Waals surface area contributed by atoms with E-state index in [4.69, 9.17) is 5.11 Å². The minimum absolute atomic E-state index is 0.0635. The number of carboxylic acids is 1. The Kier molecular flexibility index (Phi) is 4.68. The Labute approximate surface area is 117 Å². The van der Waals surface area contributed by atoms with E-state index >= 15 is 0 Å². The molecule has 0 aliphatic carbocycles. The van der Waals surface area contributed by atoms with E-state index in [9.17, 15) is 9.59 Å². The molecule has 0 saturated carbocycles. The third kappa shape index (κ3) is 3.77. The Morgan fingerprint density at radius 3 is 3.05 bits per heavy atom. The first kappa shape index (κ1) is 14.5. The molecular formula is C14H19N3O3. The van der Waals surface area contributed by atoms with Crippen LogP contribution in [-0.4, -0.2) is 40.0 Å². The molecule has 0 spiro atoms. The molecule has 1 aromatic heterocycles. The molecule has 1 aromatic rings. The monoisotopic (exact) mass is 277 g/mol. The molecule has 20 heavy (non-hydrogen) atoms. The molecule has 0 unspecified atom stereocenters. The Morgan fingerprint density at radius 2 is 2.35 bits per heavy atom. The van der Waals surface area contributed by atoms with Crippen LogP contribution in [0.1, 0.15) is 37.1 Å². The molecule has 1 atom stereocenters. The van der Waals surface area contributed by atoms with E-state index in [2.05, 4.69) is 10.3 Å². The van der Waals surface area contributed by atoms with Crippen LogP contribution >= 0.6 is 0 Å². The van der Waals surface area contributed by atoms with Crippen molar-refractivity contribution in [2.24, 2.45) is 0 Å². The highest BCUT2D eigenvalue weighted by atomic mass is 16.4. The van der Waals surface area contributed by atoms with Gasteiger partial charge in [0, 0.05) is 19.2 Å². The van der Waals surface area contributed by atoms with Crippen molar-refractivity contribution in [3.8, 4) is 0 Å². The Hall–Kier alpha value is -1.95. The summed E-state index contributed by atoms with van der Waals surface area (Å²) in [6, 6.07) is 3.99. The van der Waals surface area contributed by atoms with Gasteiger partial charge in [0.05, 0.1) is 18.8 Å². The highest BCUT2D eigenvalue weighted by Crippen LogP contribution is 2.31. The van der Waals surface area contributed by atoms with Gasteiger partial charge in [0.1, 0.15) is 0 Å². The number of nitrogens with zero attached hydrogens (tertiary/aromatic N) is 2. The molecule has 6 nitrogen and oxygen atoms in total. The number of likely N-dealkylation sites (tertiary alicyclic amines) is 1. The van der Waals surface area contributed by atoms with E-state index in [0.29, 0.717) is 6.54 Å². The van der Waals surface area contributed by atoms with Crippen LogP contribution in [0.15, 0.2) is 18.3 Å². The topological polar surface area (TPSA) is 82.5 Å². The predicted molar refractivity (Wildman–Crippen MR) is 72.9 cm³/mol. The van der Waals surface area contributed by atoms with E-state index in [1.807, 2.05) is 17.0 Å². The van der Waals surface area contributed by atoms with E-state index in [1.54, 1.807) is 6.20 Å². The van der Waals surface area contributed by atoms with Gasteiger partial charge >= 0.3 is 5.97 Å². The fourth-order valence-electron chi connectivity index (χ4n) is 2.58. The van der Waals surface area contributed by atoms with Crippen LogP contribution in [0, 0.1) is 0 Å². The first-order valence-corrected chi connectivity index (χ1v) is 6.71. The Bertz CT molecular complexity index is 504. The number of hydrogen-bond donors (Lipinski definition) is 2. The first-order chi connectivity index (χ1) is 9.56. The average molecular weight is 277 g/mol. The second-order valence-electron chi connectivity index (χ2n) is 5.01. The fourth-order valence-corrected chi connectivity index (χ4v) is 2.58. The van der Waals surface area contributed by atoms with Crippen molar-refractivity contribution in [1.82, 2.24) is 15.2 Å². The molecule has 2 heterocycles. The maximum atomic E-state index is 10.9. The van der Waals surface area contributed by atoms with Gasteiger partial charge in [0.2, 0.25) is 5.91 Å². The quantitative estimate of drug-likeness (QED) is 0.837. The van der Waals surface area contributed by atoms with Crippen molar-refractivity contribution in [1.29, 1.82) is 0 Å². The molecule has 2 rings (SSSR count). The number of nitrogens with one attached hydrogen (secondary N) is 1. The number of carbonyl (C=O) groups is 2. The van der Waals surface area contributed by atoms with Gasteiger partial charge in [-0.25, -0.2) is 0 Å². The van der Waals surface area contributed by atoms with E-state index < -0.39 is 5.97 Å². The summed E-state index contributed by atoms with van der Waals surface area (Å²) >= 11 is 0. The van der Waals surface area contributed by atoms with Gasteiger partial charge in [-0.2, -0.15) is 0 Å². The molecule has 1 fully saturated rings. The number of carboxylic acid groups (broad SMARTS) is 1. The summed E-state index contributed by atoms with van der Waals surface area (Å²) in [5.41, 5.74) is 1.86. The number of pyridine rings is 1. The zero-order valence-corrected chi connectivity index (χ0v) is 11.5. The molecular weight excluding hydrogens is 258 g/mol. The van der Waals surface area contributed by atoms with Crippen LogP contribution < -0.4 is 5.32 Å². The summed E-state index contributed by atoms with van der Waals surface area (Å²) < 4.78 is 0. The fraction of sp³-hybridized carbons (Fsp3) is 0.500. The lowest BCUT2D eigenvalue weighted by atomic mass is 10.0. The molecule has 0 radical (unpaired) electrons. The van der Waals surface area contributed by atoms with Crippen LogP contribution in [0.4, 0.5) is 0 Å². The molecule has 1 saturated heterocycles. The second-order valence-corrected chi connectivity index (χ2v) is 5.01. The minimum atomic E-state index is -0.801. The molecule has 2 N–H and O–H groups in total. The van der Waals surface area contributed by atoms with Crippen LogP contribution in [0.5, 0.6) is 0 Å². The van der Waals surface area contributed by atoms with Crippen LogP contribution in [-0.2, 0) is 16.1 Å². The van der Waals surface area contributed by atoms with Crippen LogP contribution in [0.2, 0.25) is 0 Å². The van der Waals surface area contributed by atoms with Crippen LogP contribution in [0.25, 0.3) is 0 Å². The highest BCUT2D eigenvalue weighted by Gasteiger charge is 2.27. The summed E-state index contributed by atoms with van der Waals surface area (Å²) in [6.07, 6.45) is 3.67. The number of amides is 1. The van der Waals surface area contributed by atoms with Crippen molar-refractivity contribution in [2.75, 3.05) is 13.1 Å². The van der Waals surface area contributed by atoms with Crippen molar-refractivity contribution in [3.05, 3.63) is 29.6 Å². The lowest BCUT2D eigenvalue weighted by molar-refractivity contribution is -0.138. The lowest BCUT2D eigenvalue weighted by Gasteiger charge is -2.23. The zero-order chi connectivity index (χ0) is 14.5. The normalized spacial score (nSPS) is 18.9. The smallest absolute Gasteiger partial charge is 0.317 e.